The summed E-state index contributed by atoms with van der Waals surface area (Å²) in [5.74, 6) is -4.93. The molecule has 0 saturated carbocycles. The third kappa shape index (κ3) is 8.50. The van der Waals surface area contributed by atoms with Crippen molar-refractivity contribution < 1.29 is 45.1 Å². The van der Waals surface area contributed by atoms with Crippen molar-refractivity contribution >= 4 is 27.8 Å². The molecule has 4 aromatic rings. The zero-order chi connectivity index (χ0) is 37.2. The highest BCUT2D eigenvalue weighted by atomic mass is 32.2. The van der Waals surface area contributed by atoms with E-state index in [4.69, 9.17) is 4.74 Å². The molecular formula is C35H41F4N4O5S2+. The molecule has 0 amide bonds. The molecule has 0 aliphatic rings. The largest absolute Gasteiger partial charge is 0.494 e. The summed E-state index contributed by atoms with van der Waals surface area (Å²) in [6.45, 7) is 4.34. The molecule has 270 valence electrons. The molecule has 0 aliphatic heterocycles. The first-order chi connectivity index (χ1) is 23.3. The van der Waals surface area contributed by atoms with Gasteiger partial charge in [-0.1, -0.05) is 31.7 Å². The average Bonchev–Trinajstić information content (AvgIpc) is 3.47. The molecule has 0 unspecified atom stereocenters. The number of aliphatic carboxylic acids is 1. The van der Waals surface area contributed by atoms with Gasteiger partial charge in [-0.15, -0.1) is 0 Å². The van der Waals surface area contributed by atoms with Gasteiger partial charge in [0, 0.05) is 29.5 Å². The van der Waals surface area contributed by atoms with Crippen LogP contribution in [-0.4, -0.2) is 85.7 Å². The number of halogens is 4. The molecule has 1 atom stereocenters. The second-order valence-corrected chi connectivity index (χ2v) is 16.3. The van der Waals surface area contributed by atoms with E-state index >= 15 is 8.78 Å². The molecule has 1 N–H and O–H groups in total. The number of quaternary nitrogens is 1. The van der Waals surface area contributed by atoms with Gasteiger partial charge in [-0.2, -0.15) is 4.31 Å². The van der Waals surface area contributed by atoms with Crippen molar-refractivity contribution in [3.63, 3.8) is 0 Å². The Bertz CT molecular complexity index is 1940. The van der Waals surface area contributed by atoms with Crippen molar-refractivity contribution in [1.82, 2.24) is 13.9 Å². The average molecular weight is 738 g/mol. The van der Waals surface area contributed by atoms with Gasteiger partial charge in [0.25, 0.3) is 0 Å². The summed E-state index contributed by atoms with van der Waals surface area (Å²) < 4.78 is 94.0. The van der Waals surface area contributed by atoms with Gasteiger partial charge in [0.1, 0.15) is 23.5 Å². The van der Waals surface area contributed by atoms with Gasteiger partial charge in [0.15, 0.2) is 16.7 Å². The van der Waals surface area contributed by atoms with Gasteiger partial charge in [0.2, 0.25) is 10.0 Å². The fraction of sp³-hybridized carbons (Fsp3) is 0.371. The van der Waals surface area contributed by atoms with Crippen LogP contribution >= 0.6 is 11.8 Å². The maximum Gasteiger partial charge on any atom is 0.322 e. The second kappa shape index (κ2) is 15.1. The van der Waals surface area contributed by atoms with E-state index in [1.165, 1.54) is 37.4 Å². The van der Waals surface area contributed by atoms with E-state index < -0.39 is 61.2 Å². The summed E-state index contributed by atoms with van der Waals surface area (Å²) in [5, 5.41) is 10.1. The number of nitrogens with zero attached hydrogens (tertiary/aromatic N) is 4. The van der Waals surface area contributed by atoms with E-state index in [9.17, 15) is 27.1 Å². The monoisotopic (exact) mass is 737 g/mol. The Labute approximate surface area is 294 Å². The molecule has 15 heteroatoms. The van der Waals surface area contributed by atoms with E-state index in [1.807, 2.05) is 35.0 Å². The van der Waals surface area contributed by atoms with E-state index in [0.29, 0.717) is 56.0 Å². The minimum Gasteiger partial charge on any atom is -0.494 e. The van der Waals surface area contributed by atoms with Crippen LogP contribution in [0, 0.1) is 23.3 Å². The van der Waals surface area contributed by atoms with Gasteiger partial charge in [0.05, 0.1) is 51.6 Å². The Morgan fingerprint density at radius 1 is 1.02 bits per heavy atom. The minimum atomic E-state index is -4.59. The Morgan fingerprint density at radius 3 is 2.20 bits per heavy atom. The molecule has 9 nitrogen and oxygen atoms in total. The fourth-order valence-corrected chi connectivity index (χ4v) is 7.85. The summed E-state index contributed by atoms with van der Waals surface area (Å²) in [7, 11) is 3.60. The Balaban J connectivity index is 1.66. The number of benzene rings is 3. The molecule has 1 heterocycles. The number of carboxylic acid groups (broad SMARTS) is 1. The molecule has 0 bridgehead atoms. The first-order valence-corrected chi connectivity index (χ1v) is 18.0. The SMILES string of the molecule is COc1cc(C(C)(C)c2cnc(SCc3c(F)cc(S(=O)(=O)N(C)[C@@H](CCC[N+](C)(C)C)C(=O)O)cc3F)n2-c2ccc(F)cc2)ccc1F. The van der Waals surface area contributed by atoms with Gasteiger partial charge in [-0.3, -0.25) is 9.36 Å². The lowest BCUT2D eigenvalue weighted by atomic mass is 9.81. The molecule has 0 saturated heterocycles. The number of imidazole rings is 1. The molecule has 0 spiro atoms. The first-order valence-electron chi connectivity index (χ1n) is 15.6. The number of carbonyl (C=O) groups is 1. The van der Waals surface area contributed by atoms with E-state index in [0.717, 1.165) is 18.8 Å². The second-order valence-electron chi connectivity index (χ2n) is 13.4. The number of sulfonamides is 1. The number of methoxy groups -OCH3 is 1. The molecular weight excluding hydrogens is 697 g/mol. The summed E-state index contributed by atoms with van der Waals surface area (Å²) in [4.78, 5) is 15.8. The number of aromatic nitrogens is 2. The number of thioether (sulfide) groups is 1. The van der Waals surface area contributed by atoms with Crippen LogP contribution in [0.2, 0.25) is 0 Å². The summed E-state index contributed by atoms with van der Waals surface area (Å²) in [5.41, 5.74) is 0.530. The topological polar surface area (TPSA) is 102 Å². The van der Waals surface area contributed by atoms with Crippen LogP contribution < -0.4 is 4.74 Å². The van der Waals surface area contributed by atoms with Crippen LogP contribution in [0.3, 0.4) is 0 Å². The molecule has 0 fully saturated rings. The summed E-state index contributed by atoms with van der Waals surface area (Å²) in [6.07, 6.45) is 1.98. The van der Waals surface area contributed by atoms with Gasteiger partial charge < -0.3 is 14.3 Å². The van der Waals surface area contributed by atoms with Crippen molar-refractivity contribution in [3.8, 4) is 11.4 Å². The van der Waals surface area contributed by atoms with Crippen LogP contribution in [0.4, 0.5) is 17.6 Å². The van der Waals surface area contributed by atoms with Crippen LogP contribution in [0.1, 0.15) is 43.5 Å². The summed E-state index contributed by atoms with van der Waals surface area (Å²) >= 11 is 0.964. The zero-order valence-electron chi connectivity index (χ0n) is 28.9. The standard InChI is InChI=1S/C35H40F4N4O5S2/c1-35(2,22-10-15-27(37)31(17-22)48-7)32-20-40-34(42(32)24-13-11-23(36)12-14-24)49-21-26-28(38)18-25(19-29(26)39)50(46,47)41(3)30(33(44)45)9-8-16-43(4,5)6/h10-15,17-20,30H,8-9,16,21H2,1-7H3/p+1/t30-/m0/s1. The van der Waals surface area contributed by atoms with E-state index in [-0.39, 0.29) is 17.9 Å². The molecule has 50 heavy (non-hydrogen) atoms. The number of hydrogen-bond donors (Lipinski definition) is 1. The molecule has 4 rings (SSSR count). The van der Waals surface area contributed by atoms with Crippen LogP contribution in [0.25, 0.3) is 5.69 Å². The number of carboxylic acids is 1. The Hall–Kier alpha value is -3.92. The molecule has 3 aromatic carbocycles. The Kier molecular flexibility index (Phi) is 11.8. The van der Waals surface area contributed by atoms with Crippen LogP contribution in [-0.2, 0) is 26.0 Å². The lowest BCUT2D eigenvalue weighted by Crippen LogP contribution is -2.43. The highest BCUT2D eigenvalue weighted by Gasteiger charge is 2.35. The maximum absolute atomic E-state index is 15.5. The third-order valence-electron chi connectivity index (χ3n) is 8.50. The Morgan fingerprint density at radius 2 is 1.64 bits per heavy atom. The normalized spacial score (nSPS) is 13.1. The van der Waals surface area contributed by atoms with Crippen LogP contribution in [0.15, 0.2) is 70.8 Å². The number of rotatable bonds is 15. The highest BCUT2D eigenvalue weighted by molar-refractivity contribution is 7.98. The lowest BCUT2D eigenvalue weighted by molar-refractivity contribution is -0.870. The quantitative estimate of drug-likeness (QED) is 0.0833. The lowest BCUT2D eigenvalue weighted by Gasteiger charge is -2.28. The van der Waals surface area contributed by atoms with Crippen molar-refractivity contribution in [2.75, 3.05) is 41.8 Å². The molecule has 0 radical (unpaired) electrons. The zero-order valence-corrected chi connectivity index (χ0v) is 30.5. The van der Waals surface area contributed by atoms with Gasteiger partial charge >= 0.3 is 5.97 Å². The minimum absolute atomic E-state index is 0.00840. The van der Waals surface area contributed by atoms with E-state index in [1.54, 1.807) is 22.9 Å². The van der Waals surface area contributed by atoms with Gasteiger partial charge in [-0.05, 0) is 66.9 Å². The van der Waals surface area contributed by atoms with Crippen molar-refractivity contribution in [3.05, 3.63) is 101 Å². The predicted octanol–water partition coefficient (Wildman–Crippen LogP) is 6.62. The fourth-order valence-electron chi connectivity index (χ4n) is 5.47. The van der Waals surface area contributed by atoms with E-state index in [2.05, 4.69) is 4.98 Å². The van der Waals surface area contributed by atoms with Crippen molar-refractivity contribution in [2.24, 2.45) is 0 Å². The van der Waals surface area contributed by atoms with Crippen LogP contribution in [0.5, 0.6) is 5.75 Å². The third-order valence-corrected chi connectivity index (χ3v) is 11.3. The first kappa shape index (κ1) is 38.9. The number of likely N-dealkylation sites (N-methyl/N-ethyl adjacent to an activating group) is 1. The van der Waals surface area contributed by atoms with Crippen molar-refractivity contribution in [1.29, 1.82) is 0 Å². The highest BCUT2D eigenvalue weighted by Crippen LogP contribution is 2.39. The number of ether oxygens (including phenoxy) is 1. The predicted molar refractivity (Wildman–Crippen MR) is 183 cm³/mol. The summed E-state index contributed by atoms with van der Waals surface area (Å²) in [6, 6.07) is 9.94. The maximum atomic E-state index is 15.5. The number of hydrogen-bond acceptors (Lipinski definition) is 6. The molecule has 0 aliphatic carbocycles. The smallest absolute Gasteiger partial charge is 0.322 e. The van der Waals surface area contributed by atoms with Crippen molar-refractivity contribution in [2.45, 2.75) is 54.0 Å². The molecule has 1 aromatic heterocycles. The van der Waals surface area contributed by atoms with Gasteiger partial charge in [-0.25, -0.2) is 31.0 Å².